The molecule has 0 spiro atoms. The van der Waals surface area contributed by atoms with Gasteiger partial charge in [0.2, 0.25) is 10.0 Å². The first kappa shape index (κ1) is 16.1. The number of anilines is 2. The highest BCUT2D eigenvalue weighted by atomic mass is 32.2. The third-order valence-electron chi connectivity index (χ3n) is 3.64. The third-order valence-corrected chi connectivity index (χ3v) is 5.13. The van der Waals surface area contributed by atoms with Gasteiger partial charge in [-0.15, -0.1) is 0 Å². The fourth-order valence-corrected chi connectivity index (χ4v) is 3.26. The van der Waals surface area contributed by atoms with Crippen molar-refractivity contribution in [3.05, 3.63) is 18.2 Å². The first-order valence-electron chi connectivity index (χ1n) is 7.21. The summed E-state index contributed by atoms with van der Waals surface area (Å²) in [7, 11) is -2.14. The van der Waals surface area contributed by atoms with E-state index in [4.69, 9.17) is 10.5 Å². The van der Waals surface area contributed by atoms with E-state index in [0.29, 0.717) is 6.10 Å². The van der Waals surface area contributed by atoms with Crippen molar-refractivity contribution in [2.24, 2.45) is 0 Å². The van der Waals surface area contributed by atoms with Crippen LogP contribution in [0.3, 0.4) is 0 Å². The number of ether oxygens (including phenoxy) is 1. The maximum atomic E-state index is 11.7. The highest BCUT2D eigenvalue weighted by Gasteiger charge is 2.16. The van der Waals surface area contributed by atoms with E-state index >= 15 is 0 Å². The number of hydrogen-bond donors (Lipinski definition) is 3. The van der Waals surface area contributed by atoms with E-state index in [9.17, 15) is 8.42 Å². The van der Waals surface area contributed by atoms with E-state index in [2.05, 4.69) is 10.0 Å². The zero-order chi connectivity index (χ0) is 15.3. The van der Waals surface area contributed by atoms with Crippen LogP contribution in [0.4, 0.5) is 11.4 Å². The lowest BCUT2D eigenvalue weighted by molar-refractivity contribution is 0.0134. The Morgan fingerprint density at radius 1 is 1.38 bits per heavy atom. The molecule has 0 aromatic heterocycles. The summed E-state index contributed by atoms with van der Waals surface area (Å²) in [4.78, 5) is 0.103. The van der Waals surface area contributed by atoms with E-state index in [-0.39, 0.29) is 10.6 Å². The van der Waals surface area contributed by atoms with Gasteiger partial charge in [-0.05, 0) is 50.9 Å². The number of sulfonamides is 1. The molecule has 1 aromatic carbocycles. The molecule has 0 aliphatic carbocycles. The van der Waals surface area contributed by atoms with Gasteiger partial charge in [0.05, 0.1) is 11.8 Å². The smallest absolute Gasteiger partial charge is 0.242 e. The van der Waals surface area contributed by atoms with Gasteiger partial charge in [0.15, 0.2) is 0 Å². The maximum Gasteiger partial charge on any atom is 0.242 e. The van der Waals surface area contributed by atoms with Gasteiger partial charge in [0.1, 0.15) is 4.90 Å². The zero-order valence-electron chi connectivity index (χ0n) is 12.3. The SMILES string of the molecule is CNS(=O)(=O)c1ccc(NCCC2CCCCO2)cc1N. The molecule has 118 valence electrons. The van der Waals surface area contributed by atoms with Crippen LogP contribution in [0.1, 0.15) is 25.7 Å². The molecule has 1 fully saturated rings. The molecule has 2 rings (SSSR count). The molecule has 1 unspecified atom stereocenters. The van der Waals surface area contributed by atoms with Crippen molar-refractivity contribution in [3.63, 3.8) is 0 Å². The summed E-state index contributed by atoms with van der Waals surface area (Å²) in [6.07, 6.45) is 4.77. The van der Waals surface area contributed by atoms with Gasteiger partial charge in [-0.3, -0.25) is 0 Å². The van der Waals surface area contributed by atoms with E-state index < -0.39 is 10.0 Å². The minimum Gasteiger partial charge on any atom is -0.398 e. The molecule has 0 amide bonds. The van der Waals surface area contributed by atoms with Crippen molar-refractivity contribution in [1.82, 2.24) is 4.72 Å². The molecule has 7 heteroatoms. The predicted molar refractivity (Wildman–Crippen MR) is 83.8 cm³/mol. The Morgan fingerprint density at radius 3 is 2.81 bits per heavy atom. The molecular formula is C14H23N3O3S. The van der Waals surface area contributed by atoms with Crippen molar-refractivity contribution in [2.75, 3.05) is 31.2 Å². The largest absolute Gasteiger partial charge is 0.398 e. The Bertz CT molecular complexity index is 569. The van der Waals surface area contributed by atoms with Crippen molar-refractivity contribution in [2.45, 2.75) is 36.7 Å². The molecule has 1 saturated heterocycles. The zero-order valence-corrected chi connectivity index (χ0v) is 13.1. The van der Waals surface area contributed by atoms with Crippen molar-refractivity contribution >= 4 is 21.4 Å². The van der Waals surface area contributed by atoms with Crippen LogP contribution in [-0.2, 0) is 14.8 Å². The molecule has 0 radical (unpaired) electrons. The number of rotatable bonds is 6. The summed E-state index contributed by atoms with van der Waals surface area (Å²) < 4.78 is 31.4. The van der Waals surface area contributed by atoms with Crippen molar-refractivity contribution in [3.8, 4) is 0 Å². The normalized spacial score (nSPS) is 19.4. The van der Waals surface area contributed by atoms with E-state index in [1.165, 1.54) is 19.5 Å². The quantitative estimate of drug-likeness (QED) is 0.693. The molecule has 4 N–H and O–H groups in total. The topological polar surface area (TPSA) is 93.5 Å². The molecule has 0 saturated carbocycles. The van der Waals surface area contributed by atoms with Gasteiger partial charge in [0, 0.05) is 18.8 Å². The first-order chi connectivity index (χ1) is 10.0. The van der Waals surface area contributed by atoms with E-state index in [1.54, 1.807) is 12.1 Å². The molecule has 1 aromatic rings. The molecule has 0 bridgehead atoms. The molecule has 1 aliphatic heterocycles. The van der Waals surface area contributed by atoms with Crippen LogP contribution in [0.5, 0.6) is 0 Å². The van der Waals surface area contributed by atoms with Crippen LogP contribution in [0.2, 0.25) is 0 Å². The molecule has 1 aliphatic rings. The second-order valence-corrected chi connectivity index (χ2v) is 7.02. The lowest BCUT2D eigenvalue weighted by Crippen LogP contribution is -2.22. The molecular weight excluding hydrogens is 290 g/mol. The van der Waals surface area contributed by atoms with Gasteiger partial charge in [-0.25, -0.2) is 13.1 Å². The molecule has 1 heterocycles. The van der Waals surface area contributed by atoms with Crippen molar-refractivity contribution < 1.29 is 13.2 Å². The fourth-order valence-electron chi connectivity index (χ4n) is 2.43. The Kier molecular flexibility index (Phi) is 5.44. The Hall–Kier alpha value is -1.31. The van der Waals surface area contributed by atoms with Gasteiger partial charge < -0.3 is 15.8 Å². The van der Waals surface area contributed by atoms with Crippen LogP contribution in [0.15, 0.2) is 23.1 Å². The molecule has 6 nitrogen and oxygen atoms in total. The minimum absolute atomic E-state index is 0.103. The van der Waals surface area contributed by atoms with Crippen LogP contribution in [0.25, 0.3) is 0 Å². The van der Waals surface area contributed by atoms with Crippen molar-refractivity contribution in [1.29, 1.82) is 0 Å². The van der Waals surface area contributed by atoms with E-state index in [0.717, 1.165) is 38.1 Å². The average Bonchev–Trinajstić information content (AvgIpc) is 2.48. The summed E-state index contributed by atoms with van der Waals surface area (Å²) >= 11 is 0. The summed E-state index contributed by atoms with van der Waals surface area (Å²) in [5.74, 6) is 0. The monoisotopic (exact) mass is 313 g/mol. The number of benzene rings is 1. The van der Waals surface area contributed by atoms with Crippen LogP contribution < -0.4 is 15.8 Å². The van der Waals surface area contributed by atoms with Gasteiger partial charge in [-0.2, -0.15) is 0 Å². The summed E-state index contributed by atoms with van der Waals surface area (Å²) in [6.45, 7) is 1.64. The Morgan fingerprint density at radius 2 is 2.19 bits per heavy atom. The number of nitrogens with one attached hydrogen (secondary N) is 2. The van der Waals surface area contributed by atoms with Gasteiger partial charge >= 0.3 is 0 Å². The summed E-state index contributed by atoms with van der Waals surface area (Å²) in [5, 5.41) is 3.25. The standard InChI is InChI=1S/C14H23N3O3S/c1-16-21(18,19)14-6-5-11(10-13(14)15)17-8-7-12-4-2-3-9-20-12/h5-6,10,12,16-17H,2-4,7-9,15H2,1H3. The number of nitrogens with two attached hydrogens (primary N) is 1. The fraction of sp³-hybridized carbons (Fsp3) is 0.571. The van der Waals surface area contributed by atoms with Crippen LogP contribution in [-0.4, -0.2) is 34.7 Å². The number of nitrogen functional groups attached to an aromatic ring is 1. The lowest BCUT2D eigenvalue weighted by Gasteiger charge is -2.22. The second kappa shape index (κ2) is 7.11. The van der Waals surface area contributed by atoms with Crippen LogP contribution >= 0.6 is 0 Å². The molecule has 21 heavy (non-hydrogen) atoms. The molecule has 1 atom stereocenters. The third kappa shape index (κ3) is 4.33. The Labute approximate surface area is 126 Å². The van der Waals surface area contributed by atoms with E-state index in [1.807, 2.05) is 0 Å². The highest BCUT2D eigenvalue weighted by molar-refractivity contribution is 7.89. The second-order valence-electron chi connectivity index (χ2n) is 5.16. The maximum absolute atomic E-state index is 11.7. The average molecular weight is 313 g/mol. The Balaban J connectivity index is 1.91. The number of hydrogen-bond acceptors (Lipinski definition) is 5. The van der Waals surface area contributed by atoms with Crippen LogP contribution in [0, 0.1) is 0 Å². The predicted octanol–water partition coefficient (Wildman–Crippen LogP) is 1.55. The lowest BCUT2D eigenvalue weighted by atomic mass is 10.1. The highest BCUT2D eigenvalue weighted by Crippen LogP contribution is 2.22. The van der Waals surface area contributed by atoms with Gasteiger partial charge in [-0.1, -0.05) is 0 Å². The summed E-state index contributed by atoms with van der Waals surface area (Å²) in [5.41, 5.74) is 6.87. The van der Waals surface area contributed by atoms with Gasteiger partial charge in [0.25, 0.3) is 0 Å². The minimum atomic E-state index is -3.51. The summed E-state index contributed by atoms with van der Waals surface area (Å²) in [6, 6.07) is 4.88. The first-order valence-corrected chi connectivity index (χ1v) is 8.70.